The fraction of sp³-hybridized carbons (Fsp3) is 0.200. The number of hydrogen-bond donors (Lipinski definition) is 0. The van der Waals surface area contributed by atoms with Gasteiger partial charge in [-0.3, -0.25) is 0 Å². The normalized spacial score (nSPS) is 12.9. The zero-order chi connectivity index (χ0) is 13.2. The van der Waals surface area contributed by atoms with Crippen molar-refractivity contribution in [2.75, 3.05) is 6.61 Å². The van der Waals surface area contributed by atoms with Crippen LogP contribution in [0.25, 0.3) is 0 Å². The molecule has 1 aliphatic heterocycles. The van der Waals surface area contributed by atoms with Crippen LogP contribution in [0.15, 0.2) is 40.9 Å². The van der Waals surface area contributed by atoms with Gasteiger partial charge in [-0.15, -0.1) is 0 Å². The molecule has 1 aliphatic rings. The first-order valence-corrected chi connectivity index (χ1v) is 7.22. The number of benzene rings is 2. The Bertz CT molecular complexity index is 613. The Labute approximate surface area is 125 Å². The van der Waals surface area contributed by atoms with Gasteiger partial charge in [-0.25, -0.2) is 0 Å². The number of halogens is 2. The van der Waals surface area contributed by atoms with Crippen LogP contribution in [-0.2, 0) is 13.0 Å². The van der Waals surface area contributed by atoms with Gasteiger partial charge in [-0.2, -0.15) is 0 Å². The summed E-state index contributed by atoms with van der Waals surface area (Å²) in [6, 6.07) is 11.6. The Morgan fingerprint density at radius 3 is 2.95 bits per heavy atom. The fourth-order valence-electron chi connectivity index (χ4n) is 2.17. The van der Waals surface area contributed by atoms with E-state index in [1.165, 1.54) is 5.56 Å². The molecule has 0 bridgehead atoms. The third-order valence-corrected chi connectivity index (χ3v) is 3.92. The van der Waals surface area contributed by atoms with Gasteiger partial charge in [-0.1, -0.05) is 23.7 Å². The molecule has 2 aromatic carbocycles. The molecule has 0 aliphatic carbocycles. The molecule has 0 amide bonds. The highest BCUT2D eigenvalue weighted by Crippen LogP contribution is 2.34. The van der Waals surface area contributed by atoms with Crippen molar-refractivity contribution >= 4 is 27.5 Å². The molecule has 0 aromatic heterocycles. The molecular formula is C15H12BrClO2. The first kappa shape index (κ1) is 12.8. The van der Waals surface area contributed by atoms with E-state index in [4.69, 9.17) is 21.1 Å². The van der Waals surface area contributed by atoms with E-state index in [0.717, 1.165) is 39.6 Å². The Hall–Kier alpha value is -1.19. The van der Waals surface area contributed by atoms with Gasteiger partial charge in [0, 0.05) is 17.0 Å². The SMILES string of the molecule is Clc1cc2c(c(COc3ccccc3Br)c1)OCC2. The van der Waals surface area contributed by atoms with Crippen molar-refractivity contribution in [3.8, 4) is 11.5 Å². The number of hydrogen-bond acceptors (Lipinski definition) is 2. The van der Waals surface area contributed by atoms with Gasteiger partial charge < -0.3 is 9.47 Å². The van der Waals surface area contributed by atoms with Crippen molar-refractivity contribution in [2.24, 2.45) is 0 Å². The fourth-order valence-corrected chi connectivity index (χ4v) is 2.83. The van der Waals surface area contributed by atoms with E-state index in [0.29, 0.717) is 6.61 Å². The van der Waals surface area contributed by atoms with Gasteiger partial charge in [-0.05, 0) is 45.8 Å². The topological polar surface area (TPSA) is 18.5 Å². The van der Waals surface area contributed by atoms with E-state index in [2.05, 4.69) is 15.9 Å². The van der Waals surface area contributed by atoms with Gasteiger partial charge in [0.2, 0.25) is 0 Å². The van der Waals surface area contributed by atoms with Crippen LogP contribution < -0.4 is 9.47 Å². The van der Waals surface area contributed by atoms with Gasteiger partial charge >= 0.3 is 0 Å². The predicted molar refractivity (Wildman–Crippen MR) is 79.1 cm³/mol. The zero-order valence-corrected chi connectivity index (χ0v) is 12.5. The lowest BCUT2D eigenvalue weighted by Gasteiger charge is -2.11. The number of rotatable bonds is 3. The minimum atomic E-state index is 0.450. The summed E-state index contributed by atoms with van der Waals surface area (Å²) in [6.07, 6.45) is 0.915. The van der Waals surface area contributed by atoms with Crippen molar-refractivity contribution in [3.63, 3.8) is 0 Å². The van der Waals surface area contributed by atoms with Crippen LogP contribution in [0.5, 0.6) is 11.5 Å². The minimum Gasteiger partial charge on any atom is -0.493 e. The molecule has 3 rings (SSSR count). The van der Waals surface area contributed by atoms with Gasteiger partial charge in [0.05, 0.1) is 11.1 Å². The number of fused-ring (bicyclic) bond motifs is 1. The highest BCUT2D eigenvalue weighted by Gasteiger charge is 2.18. The maximum atomic E-state index is 6.12. The summed E-state index contributed by atoms with van der Waals surface area (Å²) in [7, 11) is 0. The predicted octanol–water partition coefficient (Wildman–Crippen LogP) is 4.62. The molecule has 0 spiro atoms. The number of para-hydroxylation sites is 1. The van der Waals surface area contributed by atoms with Crippen LogP contribution in [-0.4, -0.2) is 6.61 Å². The summed E-state index contributed by atoms with van der Waals surface area (Å²) >= 11 is 9.59. The highest BCUT2D eigenvalue weighted by molar-refractivity contribution is 9.10. The second-order valence-corrected chi connectivity index (χ2v) is 5.66. The summed E-state index contributed by atoms with van der Waals surface area (Å²) in [5, 5.41) is 0.731. The highest BCUT2D eigenvalue weighted by atomic mass is 79.9. The molecule has 0 fully saturated rings. The van der Waals surface area contributed by atoms with Crippen LogP contribution >= 0.6 is 27.5 Å². The second-order valence-electron chi connectivity index (χ2n) is 4.37. The van der Waals surface area contributed by atoms with Crippen LogP contribution in [0, 0.1) is 0 Å². The smallest absolute Gasteiger partial charge is 0.133 e. The lowest BCUT2D eigenvalue weighted by molar-refractivity contribution is 0.290. The lowest BCUT2D eigenvalue weighted by atomic mass is 10.1. The van der Waals surface area contributed by atoms with Crippen molar-refractivity contribution in [1.82, 2.24) is 0 Å². The van der Waals surface area contributed by atoms with Crippen LogP contribution in [0.2, 0.25) is 5.02 Å². The maximum Gasteiger partial charge on any atom is 0.133 e. The molecule has 4 heteroatoms. The van der Waals surface area contributed by atoms with Gasteiger partial charge in [0.25, 0.3) is 0 Å². The van der Waals surface area contributed by atoms with Gasteiger partial charge in [0.1, 0.15) is 18.1 Å². The molecule has 0 atom stereocenters. The van der Waals surface area contributed by atoms with Crippen molar-refractivity contribution in [2.45, 2.75) is 13.0 Å². The first-order chi connectivity index (χ1) is 9.24. The molecule has 0 unspecified atom stereocenters. The number of ether oxygens (including phenoxy) is 2. The first-order valence-electron chi connectivity index (χ1n) is 6.05. The molecule has 0 saturated heterocycles. The van der Waals surface area contributed by atoms with E-state index >= 15 is 0 Å². The molecule has 98 valence electrons. The lowest BCUT2D eigenvalue weighted by Crippen LogP contribution is -1.99. The molecule has 19 heavy (non-hydrogen) atoms. The van der Waals surface area contributed by atoms with E-state index < -0.39 is 0 Å². The van der Waals surface area contributed by atoms with E-state index in [9.17, 15) is 0 Å². The molecule has 0 N–H and O–H groups in total. The molecule has 1 heterocycles. The third kappa shape index (κ3) is 2.72. The third-order valence-electron chi connectivity index (χ3n) is 3.05. The van der Waals surface area contributed by atoms with Crippen LogP contribution in [0.4, 0.5) is 0 Å². The van der Waals surface area contributed by atoms with Crippen LogP contribution in [0.3, 0.4) is 0 Å². The standard InChI is InChI=1S/C15H12BrClO2/c16-13-3-1-2-4-14(13)19-9-11-8-12(17)7-10-5-6-18-15(10)11/h1-4,7-8H,5-6,9H2. The quantitative estimate of drug-likeness (QED) is 0.812. The Kier molecular flexibility index (Phi) is 3.67. The van der Waals surface area contributed by atoms with E-state index in [1.807, 2.05) is 36.4 Å². The Morgan fingerprint density at radius 1 is 1.26 bits per heavy atom. The second kappa shape index (κ2) is 5.43. The van der Waals surface area contributed by atoms with Crippen molar-refractivity contribution in [1.29, 1.82) is 0 Å². The summed E-state index contributed by atoms with van der Waals surface area (Å²) in [5.41, 5.74) is 2.16. The van der Waals surface area contributed by atoms with Crippen molar-refractivity contribution in [3.05, 3.63) is 57.0 Å². The minimum absolute atomic E-state index is 0.450. The van der Waals surface area contributed by atoms with E-state index in [1.54, 1.807) is 0 Å². The largest absolute Gasteiger partial charge is 0.493 e. The average Bonchev–Trinajstić information content (AvgIpc) is 2.85. The zero-order valence-electron chi connectivity index (χ0n) is 10.2. The monoisotopic (exact) mass is 338 g/mol. The molecule has 0 radical (unpaired) electrons. The molecule has 0 saturated carbocycles. The van der Waals surface area contributed by atoms with E-state index in [-0.39, 0.29) is 0 Å². The summed E-state index contributed by atoms with van der Waals surface area (Å²) in [5.74, 6) is 1.74. The Morgan fingerprint density at radius 2 is 2.11 bits per heavy atom. The average molecular weight is 340 g/mol. The molecular weight excluding hydrogens is 328 g/mol. The molecule has 2 nitrogen and oxygen atoms in total. The molecule has 2 aromatic rings. The Balaban J connectivity index is 1.83. The summed E-state index contributed by atoms with van der Waals surface area (Å²) in [4.78, 5) is 0. The summed E-state index contributed by atoms with van der Waals surface area (Å²) in [6.45, 7) is 1.17. The van der Waals surface area contributed by atoms with Gasteiger partial charge in [0.15, 0.2) is 0 Å². The summed E-state index contributed by atoms with van der Waals surface area (Å²) < 4.78 is 12.4. The maximum absolute atomic E-state index is 6.12. The van der Waals surface area contributed by atoms with Crippen molar-refractivity contribution < 1.29 is 9.47 Å². The van der Waals surface area contributed by atoms with Crippen LogP contribution in [0.1, 0.15) is 11.1 Å².